The van der Waals surface area contributed by atoms with E-state index < -0.39 is 11.7 Å². The number of nitrogen functional groups attached to an aromatic ring is 1. The number of nitrogens with zero attached hydrogens (tertiary/aromatic N) is 1. The fourth-order valence-electron chi connectivity index (χ4n) is 1.76. The summed E-state index contributed by atoms with van der Waals surface area (Å²) >= 11 is 0. The van der Waals surface area contributed by atoms with Crippen molar-refractivity contribution in [2.24, 2.45) is 0 Å². The highest BCUT2D eigenvalue weighted by atomic mass is 19.1. The maximum atomic E-state index is 13.5. The van der Waals surface area contributed by atoms with Crippen molar-refractivity contribution in [1.82, 2.24) is 4.98 Å². The number of nitrogens with one attached hydrogen (secondary N) is 1. The number of hydrogen-bond acceptors (Lipinski definition) is 5. The summed E-state index contributed by atoms with van der Waals surface area (Å²) in [5.74, 6) is -0.433. The molecule has 0 unspecified atom stereocenters. The Bertz CT molecular complexity index is 677. The van der Waals surface area contributed by atoms with Crippen molar-refractivity contribution in [1.29, 1.82) is 0 Å². The molecule has 0 spiro atoms. The molecule has 1 aromatic heterocycles. The van der Waals surface area contributed by atoms with Gasteiger partial charge in [-0.05, 0) is 12.1 Å². The fraction of sp³-hybridized carbons (Fsp3) is 0.143. The van der Waals surface area contributed by atoms with Crippen LogP contribution in [0.1, 0.15) is 10.4 Å². The van der Waals surface area contributed by atoms with E-state index in [4.69, 9.17) is 15.2 Å². The Morgan fingerprint density at radius 2 is 1.95 bits per heavy atom. The lowest BCUT2D eigenvalue weighted by atomic mass is 10.1. The lowest BCUT2D eigenvalue weighted by Crippen LogP contribution is -2.15. The van der Waals surface area contributed by atoms with Gasteiger partial charge in [0.25, 0.3) is 5.91 Å². The van der Waals surface area contributed by atoms with Crippen molar-refractivity contribution >= 4 is 17.3 Å². The average molecular weight is 291 g/mol. The van der Waals surface area contributed by atoms with Gasteiger partial charge in [0.2, 0.25) is 0 Å². The second-order valence-corrected chi connectivity index (χ2v) is 4.10. The van der Waals surface area contributed by atoms with Crippen LogP contribution in [0, 0.1) is 5.82 Å². The second kappa shape index (κ2) is 6.08. The first-order valence-corrected chi connectivity index (χ1v) is 5.99. The zero-order chi connectivity index (χ0) is 15.4. The number of nitrogens with two attached hydrogens (primary N) is 1. The Balaban J connectivity index is 2.33. The second-order valence-electron chi connectivity index (χ2n) is 4.10. The quantitative estimate of drug-likeness (QED) is 0.842. The molecule has 6 nitrogen and oxygen atoms in total. The summed E-state index contributed by atoms with van der Waals surface area (Å²) in [6, 6.07) is 4.25. The molecule has 21 heavy (non-hydrogen) atoms. The number of hydrogen-bond donors (Lipinski definition) is 2. The number of halogens is 1. The smallest absolute Gasteiger partial charge is 0.257 e. The van der Waals surface area contributed by atoms with E-state index in [-0.39, 0.29) is 16.9 Å². The molecule has 0 aliphatic heterocycles. The van der Waals surface area contributed by atoms with E-state index in [1.54, 1.807) is 0 Å². The molecule has 0 atom stereocenters. The number of anilines is 2. The van der Waals surface area contributed by atoms with Crippen LogP contribution in [0.3, 0.4) is 0 Å². The van der Waals surface area contributed by atoms with Crippen LogP contribution >= 0.6 is 0 Å². The highest BCUT2D eigenvalue weighted by molar-refractivity contribution is 6.08. The van der Waals surface area contributed by atoms with E-state index in [9.17, 15) is 9.18 Å². The summed E-state index contributed by atoms with van der Waals surface area (Å²) in [5.41, 5.74) is 6.18. The normalized spacial score (nSPS) is 10.0. The summed E-state index contributed by atoms with van der Waals surface area (Å²) < 4.78 is 23.7. The van der Waals surface area contributed by atoms with Crippen molar-refractivity contribution < 1.29 is 18.7 Å². The molecule has 1 heterocycles. The van der Waals surface area contributed by atoms with Crippen molar-refractivity contribution in [2.45, 2.75) is 0 Å². The topological polar surface area (TPSA) is 86.5 Å². The zero-order valence-corrected chi connectivity index (χ0v) is 11.5. The molecular formula is C14H14FN3O3. The zero-order valence-electron chi connectivity index (χ0n) is 11.5. The lowest BCUT2D eigenvalue weighted by Gasteiger charge is -2.12. The maximum Gasteiger partial charge on any atom is 0.257 e. The first-order chi connectivity index (χ1) is 10.1. The molecule has 0 radical (unpaired) electrons. The molecule has 7 heteroatoms. The number of benzene rings is 1. The molecule has 2 aromatic rings. The van der Waals surface area contributed by atoms with Crippen LogP contribution < -0.4 is 20.5 Å². The number of pyridine rings is 1. The van der Waals surface area contributed by atoms with Crippen LogP contribution in [0.25, 0.3) is 0 Å². The van der Waals surface area contributed by atoms with E-state index in [1.807, 2.05) is 0 Å². The summed E-state index contributed by atoms with van der Waals surface area (Å²) in [5, 5.41) is 2.43. The number of aromatic nitrogens is 1. The van der Waals surface area contributed by atoms with Gasteiger partial charge in [-0.1, -0.05) is 0 Å². The summed E-state index contributed by atoms with van der Waals surface area (Å²) in [6.45, 7) is 0. The van der Waals surface area contributed by atoms with Crippen LogP contribution in [0.4, 0.5) is 15.8 Å². The summed E-state index contributed by atoms with van der Waals surface area (Å²) in [7, 11) is 2.90. The van der Waals surface area contributed by atoms with Gasteiger partial charge in [0.1, 0.15) is 0 Å². The molecule has 1 amide bonds. The number of ether oxygens (including phenoxy) is 2. The van der Waals surface area contributed by atoms with Crippen molar-refractivity contribution in [3.63, 3.8) is 0 Å². The largest absolute Gasteiger partial charge is 0.493 e. The minimum absolute atomic E-state index is 0.0178. The van der Waals surface area contributed by atoms with Gasteiger partial charge in [0, 0.05) is 18.0 Å². The fourth-order valence-corrected chi connectivity index (χ4v) is 1.76. The number of carbonyl (C=O) groups is 1. The van der Waals surface area contributed by atoms with E-state index >= 15 is 0 Å². The number of methoxy groups -OCH3 is 2. The first-order valence-electron chi connectivity index (χ1n) is 5.99. The predicted octanol–water partition coefficient (Wildman–Crippen LogP) is 2.07. The molecule has 3 N–H and O–H groups in total. The molecule has 0 bridgehead atoms. The van der Waals surface area contributed by atoms with Gasteiger partial charge in [-0.3, -0.25) is 9.78 Å². The molecule has 0 aliphatic carbocycles. The Hall–Kier alpha value is -2.83. The average Bonchev–Trinajstić information content (AvgIpc) is 2.49. The van der Waals surface area contributed by atoms with Crippen LogP contribution in [0.15, 0.2) is 30.6 Å². The monoisotopic (exact) mass is 291 g/mol. The van der Waals surface area contributed by atoms with E-state index in [1.165, 1.54) is 38.6 Å². The number of carbonyl (C=O) groups excluding carboxylic acids is 1. The molecule has 1 aromatic carbocycles. The minimum Gasteiger partial charge on any atom is -0.493 e. The van der Waals surface area contributed by atoms with Crippen LogP contribution in [0.2, 0.25) is 0 Å². The van der Waals surface area contributed by atoms with Crippen molar-refractivity contribution in [3.05, 3.63) is 42.0 Å². The molecule has 0 fully saturated rings. The summed E-state index contributed by atoms with van der Waals surface area (Å²) in [6.07, 6.45) is 2.38. The van der Waals surface area contributed by atoms with E-state index in [0.29, 0.717) is 11.5 Å². The third kappa shape index (κ3) is 3.02. The molecule has 0 saturated carbocycles. The number of rotatable bonds is 4. The predicted molar refractivity (Wildman–Crippen MR) is 76.1 cm³/mol. The third-order valence-electron chi connectivity index (χ3n) is 2.82. The Kier molecular flexibility index (Phi) is 4.22. The molecular weight excluding hydrogens is 277 g/mol. The maximum absolute atomic E-state index is 13.5. The molecule has 0 saturated heterocycles. The first kappa shape index (κ1) is 14.6. The highest BCUT2D eigenvalue weighted by Gasteiger charge is 2.16. The van der Waals surface area contributed by atoms with Crippen LogP contribution in [0.5, 0.6) is 11.5 Å². The Morgan fingerprint density at radius 1 is 1.29 bits per heavy atom. The van der Waals surface area contributed by atoms with E-state index in [2.05, 4.69) is 10.3 Å². The van der Waals surface area contributed by atoms with Gasteiger partial charge < -0.3 is 20.5 Å². The molecule has 0 aliphatic rings. The van der Waals surface area contributed by atoms with Crippen molar-refractivity contribution in [2.75, 3.05) is 25.3 Å². The Morgan fingerprint density at radius 3 is 2.57 bits per heavy atom. The molecule has 110 valence electrons. The van der Waals surface area contributed by atoms with Gasteiger partial charge in [-0.25, -0.2) is 4.39 Å². The standard InChI is InChI=1S/C14H14FN3O3/c1-20-12-5-8(10(16)6-13(12)21-2)14(19)18-11-3-4-17-7-9(11)15/h3-7H,16H2,1-2H3,(H,17,18,19). The third-order valence-corrected chi connectivity index (χ3v) is 2.82. The van der Waals surface area contributed by atoms with Gasteiger partial charge in [0.15, 0.2) is 17.3 Å². The van der Waals surface area contributed by atoms with E-state index in [0.717, 1.165) is 6.20 Å². The van der Waals surface area contributed by atoms with Crippen molar-refractivity contribution in [3.8, 4) is 11.5 Å². The van der Waals surface area contributed by atoms with Crippen LogP contribution in [-0.4, -0.2) is 25.1 Å². The SMILES string of the molecule is COc1cc(N)c(C(=O)Nc2ccncc2F)cc1OC. The minimum atomic E-state index is -0.634. The lowest BCUT2D eigenvalue weighted by molar-refractivity contribution is 0.102. The Labute approximate surface area is 120 Å². The van der Waals surface area contributed by atoms with Gasteiger partial charge in [0.05, 0.1) is 31.7 Å². The number of amides is 1. The summed E-state index contributed by atoms with van der Waals surface area (Å²) in [4.78, 5) is 15.8. The highest BCUT2D eigenvalue weighted by Crippen LogP contribution is 2.32. The molecule has 2 rings (SSSR count). The van der Waals surface area contributed by atoms with Gasteiger partial charge in [-0.15, -0.1) is 0 Å². The van der Waals surface area contributed by atoms with Gasteiger partial charge >= 0.3 is 0 Å². The van der Waals surface area contributed by atoms with Gasteiger partial charge in [-0.2, -0.15) is 0 Å². The van der Waals surface area contributed by atoms with Crippen LogP contribution in [-0.2, 0) is 0 Å².